The third kappa shape index (κ3) is 5.81. The summed E-state index contributed by atoms with van der Waals surface area (Å²) >= 11 is 0. The van der Waals surface area contributed by atoms with Gasteiger partial charge < -0.3 is 15.0 Å². The van der Waals surface area contributed by atoms with E-state index in [9.17, 15) is 22.8 Å². The fraction of sp³-hybridized carbons (Fsp3) is 0.417. The lowest BCUT2D eigenvalue weighted by Crippen LogP contribution is -2.43. The summed E-state index contributed by atoms with van der Waals surface area (Å²) in [7, 11) is 0. The second-order valence-corrected chi connectivity index (χ2v) is 7.87. The van der Waals surface area contributed by atoms with Crippen LogP contribution in [0.1, 0.15) is 54.2 Å². The Balaban J connectivity index is 1.51. The monoisotopic (exact) mass is 448 g/mol. The number of amides is 2. The topological polar surface area (TPSA) is 58.6 Å². The highest BCUT2D eigenvalue weighted by atomic mass is 19.4. The van der Waals surface area contributed by atoms with Crippen molar-refractivity contribution in [2.24, 2.45) is 5.92 Å². The van der Waals surface area contributed by atoms with Gasteiger partial charge in [0.1, 0.15) is 5.75 Å². The molecule has 8 heteroatoms. The van der Waals surface area contributed by atoms with E-state index >= 15 is 0 Å². The number of ether oxygens (including phenoxy) is 1. The van der Waals surface area contributed by atoms with Crippen molar-refractivity contribution in [1.82, 2.24) is 10.2 Å². The van der Waals surface area contributed by atoms with Crippen LogP contribution in [0.2, 0.25) is 0 Å². The molecule has 1 aliphatic rings. The summed E-state index contributed by atoms with van der Waals surface area (Å²) in [4.78, 5) is 26.9. The fourth-order valence-electron chi connectivity index (χ4n) is 3.76. The van der Waals surface area contributed by atoms with Crippen molar-refractivity contribution in [1.29, 1.82) is 0 Å². The van der Waals surface area contributed by atoms with E-state index in [4.69, 9.17) is 4.74 Å². The lowest BCUT2D eigenvalue weighted by Gasteiger charge is -2.32. The minimum atomic E-state index is -4.43. The first-order valence-electron chi connectivity index (χ1n) is 10.7. The number of nitrogens with one attached hydrogen (secondary N) is 1. The van der Waals surface area contributed by atoms with Crippen molar-refractivity contribution in [2.75, 3.05) is 19.7 Å². The summed E-state index contributed by atoms with van der Waals surface area (Å²) in [5, 5.41) is 3.02. The summed E-state index contributed by atoms with van der Waals surface area (Å²) in [5.41, 5.74) is 0.396. The predicted molar refractivity (Wildman–Crippen MR) is 114 cm³/mol. The number of carbonyl (C=O) groups is 2. The van der Waals surface area contributed by atoms with Crippen molar-refractivity contribution in [2.45, 2.75) is 38.9 Å². The van der Waals surface area contributed by atoms with Gasteiger partial charge in [0, 0.05) is 24.6 Å². The van der Waals surface area contributed by atoms with E-state index in [1.807, 2.05) is 38.1 Å². The van der Waals surface area contributed by atoms with Gasteiger partial charge >= 0.3 is 6.18 Å². The number of nitrogens with zero attached hydrogens (tertiary/aromatic N) is 1. The van der Waals surface area contributed by atoms with Crippen LogP contribution in [0.5, 0.6) is 5.75 Å². The molecular formula is C24H27F3N2O3. The third-order valence-corrected chi connectivity index (χ3v) is 5.66. The molecule has 0 aromatic heterocycles. The van der Waals surface area contributed by atoms with Gasteiger partial charge in [-0.2, -0.15) is 13.2 Å². The average Bonchev–Trinajstić information content (AvgIpc) is 2.79. The molecule has 1 fully saturated rings. The van der Waals surface area contributed by atoms with E-state index in [1.165, 1.54) is 12.1 Å². The second kappa shape index (κ2) is 10.1. The molecule has 2 aromatic carbocycles. The van der Waals surface area contributed by atoms with Crippen LogP contribution in [-0.2, 0) is 11.0 Å². The molecule has 3 rings (SSSR count). The van der Waals surface area contributed by atoms with Gasteiger partial charge in [0.25, 0.3) is 5.91 Å². The number of alkyl halides is 3. The predicted octanol–water partition coefficient (Wildman–Crippen LogP) is 4.83. The van der Waals surface area contributed by atoms with Crippen LogP contribution in [0.15, 0.2) is 48.5 Å². The molecule has 0 saturated carbocycles. The Hall–Kier alpha value is -3.03. The summed E-state index contributed by atoms with van der Waals surface area (Å²) < 4.78 is 43.5. The number of halogens is 3. The highest BCUT2D eigenvalue weighted by Gasteiger charge is 2.31. The van der Waals surface area contributed by atoms with Gasteiger partial charge in [0.15, 0.2) is 0 Å². The molecule has 1 N–H and O–H groups in total. The highest BCUT2D eigenvalue weighted by molar-refractivity contribution is 5.94. The van der Waals surface area contributed by atoms with Crippen molar-refractivity contribution >= 4 is 11.8 Å². The Kier molecular flexibility index (Phi) is 7.43. The molecule has 2 aromatic rings. The van der Waals surface area contributed by atoms with Gasteiger partial charge in [-0.15, -0.1) is 0 Å². The Morgan fingerprint density at radius 3 is 2.19 bits per heavy atom. The zero-order valence-electron chi connectivity index (χ0n) is 18.1. The number of piperidine rings is 1. The first-order chi connectivity index (χ1) is 15.2. The molecular weight excluding hydrogens is 421 g/mol. The Labute approximate surface area is 185 Å². The smallest absolute Gasteiger partial charge is 0.416 e. The molecule has 1 aliphatic heterocycles. The number of likely N-dealkylation sites (tertiary alicyclic amines) is 1. The Bertz CT molecular complexity index is 919. The lowest BCUT2D eigenvalue weighted by atomic mass is 9.94. The molecule has 1 heterocycles. The fourth-order valence-corrected chi connectivity index (χ4v) is 3.76. The van der Waals surface area contributed by atoms with Crippen molar-refractivity contribution in [3.63, 3.8) is 0 Å². The van der Waals surface area contributed by atoms with Crippen molar-refractivity contribution in [3.05, 3.63) is 65.2 Å². The van der Waals surface area contributed by atoms with E-state index in [0.29, 0.717) is 32.5 Å². The van der Waals surface area contributed by atoms with Crippen LogP contribution in [0.25, 0.3) is 0 Å². The van der Waals surface area contributed by atoms with Gasteiger partial charge in [-0.1, -0.05) is 12.1 Å². The maximum Gasteiger partial charge on any atom is 0.416 e. The van der Waals surface area contributed by atoms with E-state index in [0.717, 1.165) is 23.4 Å². The van der Waals surface area contributed by atoms with Gasteiger partial charge in [0.2, 0.25) is 5.91 Å². The maximum absolute atomic E-state index is 12.7. The number of carbonyl (C=O) groups excluding carboxylic acids is 2. The molecule has 0 aliphatic carbocycles. The average molecular weight is 448 g/mol. The minimum Gasteiger partial charge on any atom is -0.494 e. The quantitative estimate of drug-likeness (QED) is 0.689. The van der Waals surface area contributed by atoms with Gasteiger partial charge in [-0.25, -0.2) is 0 Å². The minimum absolute atomic E-state index is 0.0620. The van der Waals surface area contributed by atoms with Crippen LogP contribution in [0.3, 0.4) is 0 Å². The molecule has 0 radical (unpaired) electrons. The normalized spacial score (nSPS) is 15.8. The van der Waals surface area contributed by atoms with Gasteiger partial charge in [0.05, 0.1) is 18.2 Å². The number of hydrogen-bond acceptors (Lipinski definition) is 3. The van der Waals surface area contributed by atoms with Crippen molar-refractivity contribution in [3.8, 4) is 5.75 Å². The van der Waals surface area contributed by atoms with E-state index in [-0.39, 0.29) is 29.3 Å². The molecule has 1 saturated heterocycles. The van der Waals surface area contributed by atoms with Crippen LogP contribution in [0, 0.1) is 5.92 Å². The molecule has 32 heavy (non-hydrogen) atoms. The number of hydrogen-bond donors (Lipinski definition) is 1. The molecule has 0 spiro atoms. The first kappa shape index (κ1) is 23.6. The SMILES string of the molecule is CCOc1ccc(C(C)NC(=O)C2CCN(C(=O)c3ccc(C(F)(F)F)cc3)CC2)cc1. The Morgan fingerprint density at radius 2 is 1.66 bits per heavy atom. The Morgan fingerprint density at radius 1 is 1.06 bits per heavy atom. The first-order valence-corrected chi connectivity index (χ1v) is 10.7. The van der Waals surface area contributed by atoms with E-state index < -0.39 is 11.7 Å². The molecule has 2 amide bonds. The van der Waals surface area contributed by atoms with E-state index in [2.05, 4.69) is 5.32 Å². The van der Waals surface area contributed by atoms with E-state index in [1.54, 1.807) is 4.90 Å². The molecule has 1 unspecified atom stereocenters. The molecule has 1 atom stereocenters. The summed E-state index contributed by atoms with van der Waals surface area (Å²) in [6, 6.07) is 11.6. The third-order valence-electron chi connectivity index (χ3n) is 5.66. The summed E-state index contributed by atoms with van der Waals surface area (Å²) in [5.74, 6) is 0.185. The standard InChI is InChI=1S/C24H27F3N2O3/c1-3-32-21-10-6-17(7-11-21)16(2)28-22(30)18-12-14-29(15-13-18)23(31)19-4-8-20(9-5-19)24(25,26)27/h4-11,16,18H,3,12-15H2,1-2H3,(H,28,30). The molecule has 0 bridgehead atoms. The van der Waals surface area contributed by atoms with Crippen LogP contribution in [0.4, 0.5) is 13.2 Å². The van der Waals surface area contributed by atoms with Crippen LogP contribution >= 0.6 is 0 Å². The van der Waals surface area contributed by atoms with Gasteiger partial charge in [-0.05, 0) is 68.7 Å². The highest BCUT2D eigenvalue weighted by Crippen LogP contribution is 2.29. The largest absolute Gasteiger partial charge is 0.494 e. The van der Waals surface area contributed by atoms with Crippen LogP contribution < -0.4 is 10.1 Å². The van der Waals surface area contributed by atoms with Crippen LogP contribution in [-0.4, -0.2) is 36.4 Å². The molecule has 172 valence electrons. The maximum atomic E-state index is 12.7. The number of rotatable bonds is 6. The molecule has 5 nitrogen and oxygen atoms in total. The summed E-state index contributed by atoms with van der Waals surface area (Å²) in [6.07, 6.45) is -3.42. The second-order valence-electron chi connectivity index (χ2n) is 7.87. The zero-order valence-corrected chi connectivity index (χ0v) is 18.1. The lowest BCUT2D eigenvalue weighted by molar-refractivity contribution is -0.137. The number of benzene rings is 2. The summed E-state index contributed by atoms with van der Waals surface area (Å²) in [6.45, 7) is 5.19. The van der Waals surface area contributed by atoms with Gasteiger partial charge in [-0.3, -0.25) is 9.59 Å². The zero-order chi connectivity index (χ0) is 23.3. The van der Waals surface area contributed by atoms with Crippen molar-refractivity contribution < 1.29 is 27.5 Å².